The van der Waals surface area contributed by atoms with Crippen LogP contribution < -0.4 is 0 Å². The molecule has 0 amide bonds. The number of halogens is 3. The number of rotatable bonds is 1. The molecule has 1 aromatic heterocycles. The number of fused-ring (bicyclic) bond motifs is 1. The van der Waals surface area contributed by atoms with Crippen LogP contribution in [-0.2, 0) is 6.18 Å². The van der Waals surface area contributed by atoms with Crippen molar-refractivity contribution in [3.8, 4) is 23.0 Å². The van der Waals surface area contributed by atoms with Crippen LogP contribution in [0.15, 0.2) is 42.5 Å². The van der Waals surface area contributed by atoms with Crippen LogP contribution >= 0.6 is 11.3 Å². The lowest BCUT2D eigenvalue weighted by atomic mass is 10.00. The average Bonchev–Trinajstić information content (AvgIpc) is 2.87. The molecule has 122 valence electrons. The van der Waals surface area contributed by atoms with E-state index in [0.717, 1.165) is 43.8 Å². The van der Waals surface area contributed by atoms with Crippen LogP contribution in [0.5, 0.6) is 0 Å². The maximum atomic E-state index is 12.7. The number of benzene rings is 2. The molecular formula is C19H13F3OS. The van der Waals surface area contributed by atoms with E-state index in [0.29, 0.717) is 0 Å². The van der Waals surface area contributed by atoms with Crippen molar-refractivity contribution in [2.24, 2.45) is 0 Å². The van der Waals surface area contributed by atoms with Crippen LogP contribution in [0, 0.1) is 18.8 Å². The lowest BCUT2D eigenvalue weighted by molar-refractivity contribution is -0.137. The minimum absolute atomic E-state index is 0.196. The van der Waals surface area contributed by atoms with Crippen LogP contribution in [0.2, 0.25) is 0 Å². The van der Waals surface area contributed by atoms with Crippen molar-refractivity contribution in [3.63, 3.8) is 0 Å². The number of alkyl halides is 3. The Balaban J connectivity index is 2.08. The van der Waals surface area contributed by atoms with Gasteiger partial charge < -0.3 is 5.11 Å². The number of aryl methyl sites for hydroxylation is 1. The maximum Gasteiger partial charge on any atom is 0.416 e. The molecule has 0 bridgehead atoms. The fourth-order valence-electron chi connectivity index (χ4n) is 2.62. The second kappa shape index (κ2) is 6.31. The van der Waals surface area contributed by atoms with Crippen molar-refractivity contribution < 1.29 is 18.3 Å². The third kappa shape index (κ3) is 3.16. The first-order chi connectivity index (χ1) is 11.4. The molecule has 0 aliphatic carbocycles. The molecule has 1 heterocycles. The van der Waals surface area contributed by atoms with Crippen LogP contribution in [0.3, 0.4) is 0 Å². The highest BCUT2D eigenvalue weighted by molar-refractivity contribution is 7.19. The summed E-state index contributed by atoms with van der Waals surface area (Å²) in [6, 6.07) is 11.0. The first-order valence-corrected chi connectivity index (χ1v) is 8.02. The van der Waals surface area contributed by atoms with Gasteiger partial charge in [-0.25, -0.2) is 0 Å². The molecule has 2 aromatic carbocycles. The molecule has 0 spiro atoms. The van der Waals surface area contributed by atoms with E-state index in [1.165, 1.54) is 12.1 Å². The molecule has 0 saturated heterocycles. The smallest absolute Gasteiger partial charge is 0.384 e. The Bertz CT molecular complexity index is 941. The zero-order valence-corrected chi connectivity index (χ0v) is 13.6. The molecule has 0 unspecified atom stereocenters. The van der Waals surface area contributed by atoms with Crippen molar-refractivity contribution in [1.29, 1.82) is 0 Å². The number of hydrogen-bond donors (Lipinski definition) is 1. The summed E-state index contributed by atoms with van der Waals surface area (Å²) < 4.78 is 39.2. The van der Waals surface area contributed by atoms with Crippen molar-refractivity contribution >= 4 is 21.4 Å². The van der Waals surface area contributed by atoms with Gasteiger partial charge in [-0.2, -0.15) is 13.2 Å². The van der Waals surface area contributed by atoms with Gasteiger partial charge in [0.25, 0.3) is 0 Å². The van der Waals surface area contributed by atoms with E-state index in [1.54, 1.807) is 11.3 Å². The van der Waals surface area contributed by atoms with Crippen LogP contribution in [0.4, 0.5) is 13.2 Å². The summed E-state index contributed by atoms with van der Waals surface area (Å²) in [6.45, 7) is 1.76. The fourth-order valence-corrected chi connectivity index (χ4v) is 3.75. The lowest BCUT2D eigenvalue weighted by Crippen LogP contribution is -2.03. The molecule has 0 fully saturated rings. The maximum absolute atomic E-state index is 12.7. The highest BCUT2D eigenvalue weighted by atomic mass is 32.1. The molecule has 1 N–H and O–H groups in total. The predicted molar refractivity (Wildman–Crippen MR) is 91.0 cm³/mol. The summed E-state index contributed by atoms with van der Waals surface area (Å²) >= 11 is 1.58. The summed E-state index contributed by atoms with van der Waals surface area (Å²) in [5.74, 6) is 5.47. The summed E-state index contributed by atoms with van der Waals surface area (Å²) in [7, 11) is 0. The quantitative estimate of drug-likeness (QED) is 0.598. The van der Waals surface area contributed by atoms with Gasteiger partial charge in [-0.1, -0.05) is 30.0 Å². The zero-order chi connectivity index (χ0) is 17.3. The molecule has 5 heteroatoms. The minimum atomic E-state index is -4.33. The van der Waals surface area contributed by atoms with Crippen LogP contribution in [0.1, 0.15) is 16.0 Å². The summed E-state index contributed by atoms with van der Waals surface area (Å²) in [4.78, 5) is 1.04. The Hall–Kier alpha value is -2.29. The van der Waals surface area contributed by atoms with Crippen molar-refractivity contribution in [3.05, 3.63) is 58.5 Å². The fraction of sp³-hybridized carbons (Fsp3) is 0.158. The van der Waals surface area contributed by atoms with Gasteiger partial charge in [0.2, 0.25) is 0 Å². The zero-order valence-electron chi connectivity index (χ0n) is 12.7. The molecule has 3 aromatic rings. The minimum Gasteiger partial charge on any atom is -0.384 e. The third-order valence-electron chi connectivity index (χ3n) is 3.68. The van der Waals surface area contributed by atoms with Crippen molar-refractivity contribution in [1.82, 2.24) is 0 Å². The van der Waals surface area contributed by atoms with Crippen LogP contribution in [0.25, 0.3) is 21.2 Å². The first kappa shape index (κ1) is 16.6. The van der Waals surface area contributed by atoms with Gasteiger partial charge in [-0.05, 0) is 36.8 Å². The molecule has 0 saturated carbocycles. The highest BCUT2D eigenvalue weighted by Crippen LogP contribution is 2.39. The number of thiophene rings is 1. The van der Waals surface area contributed by atoms with E-state index in [4.69, 9.17) is 5.11 Å². The Labute approximate surface area is 141 Å². The summed E-state index contributed by atoms with van der Waals surface area (Å²) in [6.07, 6.45) is -4.33. The Kier molecular flexibility index (Phi) is 4.35. The van der Waals surface area contributed by atoms with E-state index < -0.39 is 11.7 Å². The molecular weight excluding hydrogens is 333 g/mol. The predicted octanol–water partition coefficient (Wildman–Crippen LogP) is 5.24. The molecule has 3 rings (SSSR count). The average molecular weight is 346 g/mol. The SMILES string of the molecule is Cc1sc2cc(C#CCO)ccc2c1-c1ccc(C(F)(F)F)cc1. The Morgan fingerprint density at radius 2 is 1.79 bits per heavy atom. The van der Waals surface area contributed by atoms with E-state index in [1.807, 2.05) is 25.1 Å². The van der Waals surface area contributed by atoms with Gasteiger partial charge in [0.1, 0.15) is 6.61 Å². The second-order valence-electron chi connectivity index (χ2n) is 5.28. The normalized spacial score (nSPS) is 11.4. The molecule has 0 atom stereocenters. The monoisotopic (exact) mass is 346 g/mol. The largest absolute Gasteiger partial charge is 0.416 e. The number of aliphatic hydroxyl groups is 1. The standard InChI is InChI=1S/C19H13F3OS/c1-12-18(14-5-7-15(8-6-14)19(20,21)22)16-9-4-13(3-2-10-23)11-17(16)24-12/h4-9,11,23H,10H2,1H3. The van der Waals surface area contributed by atoms with E-state index >= 15 is 0 Å². The molecule has 0 aliphatic heterocycles. The third-order valence-corrected chi connectivity index (χ3v) is 4.75. The Morgan fingerprint density at radius 1 is 1.08 bits per heavy atom. The van der Waals surface area contributed by atoms with Gasteiger partial charge in [-0.15, -0.1) is 11.3 Å². The van der Waals surface area contributed by atoms with E-state index in [9.17, 15) is 13.2 Å². The number of hydrogen-bond acceptors (Lipinski definition) is 2. The van der Waals surface area contributed by atoms with Gasteiger partial charge >= 0.3 is 6.18 Å². The van der Waals surface area contributed by atoms with E-state index in [2.05, 4.69) is 11.8 Å². The first-order valence-electron chi connectivity index (χ1n) is 7.20. The topological polar surface area (TPSA) is 20.2 Å². The molecule has 24 heavy (non-hydrogen) atoms. The van der Waals surface area contributed by atoms with E-state index in [-0.39, 0.29) is 6.61 Å². The van der Waals surface area contributed by atoms with Crippen molar-refractivity contribution in [2.75, 3.05) is 6.61 Å². The van der Waals surface area contributed by atoms with Crippen LogP contribution in [-0.4, -0.2) is 11.7 Å². The van der Waals surface area contributed by atoms with Gasteiger partial charge in [-0.3, -0.25) is 0 Å². The number of aliphatic hydroxyl groups excluding tert-OH is 1. The highest BCUT2D eigenvalue weighted by Gasteiger charge is 2.30. The van der Waals surface area contributed by atoms with Gasteiger partial charge in [0, 0.05) is 26.1 Å². The lowest BCUT2D eigenvalue weighted by Gasteiger charge is -2.08. The molecule has 0 radical (unpaired) electrons. The second-order valence-corrected chi connectivity index (χ2v) is 6.54. The molecule has 0 aliphatic rings. The summed E-state index contributed by atoms with van der Waals surface area (Å²) in [5.41, 5.74) is 1.87. The van der Waals surface area contributed by atoms with Gasteiger partial charge in [0.05, 0.1) is 5.56 Å². The van der Waals surface area contributed by atoms with Gasteiger partial charge in [0.15, 0.2) is 0 Å². The Morgan fingerprint density at radius 3 is 2.42 bits per heavy atom. The molecule has 1 nitrogen and oxygen atoms in total. The summed E-state index contributed by atoms with van der Waals surface area (Å²) in [5, 5.41) is 9.76. The van der Waals surface area contributed by atoms with Crippen molar-refractivity contribution in [2.45, 2.75) is 13.1 Å².